The van der Waals surface area contributed by atoms with Gasteiger partial charge in [-0.15, -0.1) is 0 Å². The van der Waals surface area contributed by atoms with E-state index in [-0.39, 0.29) is 17.3 Å². The Kier molecular flexibility index (Phi) is 4.64. The summed E-state index contributed by atoms with van der Waals surface area (Å²) < 4.78 is 1.62. The first-order valence-electron chi connectivity index (χ1n) is 9.17. The molecule has 0 amide bonds. The van der Waals surface area contributed by atoms with Gasteiger partial charge in [0.05, 0.1) is 6.54 Å². The van der Waals surface area contributed by atoms with E-state index in [0.29, 0.717) is 31.1 Å². The lowest BCUT2D eigenvalue weighted by atomic mass is 10.1. The van der Waals surface area contributed by atoms with E-state index in [1.54, 1.807) is 4.57 Å². The van der Waals surface area contributed by atoms with Crippen LogP contribution in [0.3, 0.4) is 0 Å². The second-order valence-electron chi connectivity index (χ2n) is 6.98. The summed E-state index contributed by atoms with van der Waals surface area (Å²) in [5, 5.41) is 3.34. The van der Waals surface area contributed by atoms with Crippen molar-refractivity contribution in [2.24, 2.45) is 0 Å². The maximum absolute atomic E-state index is 12.5. The van der Waals surface area contributed by atoms with Crippen LogP contribution in [0.5, 0.6) is 0 Å². The highest BCUT2D eigenvalue weighted by atomic mass is 16.2. The van der Waals surface area contributed by atoms with E-state index in [2.05, 4.69) is 29.4 Å². The van der Waals surface area contributed by atoms with Gasteiger partial charge < -0.3 is 10.2 Å². The van der Waals surface area contributed by atoms with Gasteiger partial charge in [0.15, 0.2) is 6.67 Å². The molecule has 4 rings (SSSR count). The van der Waals surface area contributed by atoms with Gasteiger partial charge in [-0.2, -0.15) is 0 Å². The topological polar surface area (TPSA) is 71.3 Å². The molecule has 1 aliphatic rings. The SMILES string of the molecule is C[C@@H](c1ccccc1)[NH+]1CNc2c(c(=O)[nH]c(=O)n2Cc2ccccc2)C1. The maximum Gasteiger partial charge on any atom is 0.330 e. The molecule has 1 aliphatic heterocycles. The molecule has 27 heavy (non-hydrogen) atoms. The molecule has 0 bridgehead atoms. The van der Waals surface area contributed by atoms with Crippen LogP contribution >= 0.6 is 0 Å². The average molecular weight is 363 g/mol. The quantitative estimate of drug-likeness (QED) is 0.650. The molecular weight excluding hydrogens is 340 g/mol. The van der Waals surface area contributed by atoms with Crippen molar-refractivity contribution in [2.75, 3.05) is 12.0 Å². The minimum atomic E-state index is -0.380. The Morgan fingerprint density at radius 3 is 2.41 bits per heavy atom. The molecule has 0 spiro atoms. The number of aromatic nitrogens is 2. The van der Waals surface area contributed by atoms with E-state index in [0.717, 1.165) is 5.56 Å². The molecule has 6 heteroatoms. The second-order valence-corrected chi connectivity index (χ2v) is 6.98. The maximum atomic E-state index is 12.5. The number of H-pyrrole nitrogens is 1. The molecule has 6 nitrogen and oxygen atoms in total. The van der Waals surface area contributed by atoms with Crippen molar-refractivity contribution in [2.45, 2.75) is 26.1 Å². The Morgan fingerprint density at radius 1 is 1.04 bits per heavy atom. The zero-order valence-electron chi connectivity index (χ0n) is 15.2. The Hall–Kier alpha value is -3.12. The van der Waals surface area contributed by atoms with Gasteiger partial charge >= 0.3 is 5.69 Å². The van der Waals surface area contributed by atoms with E-state index in [1.165, 1.54) is 10.5 Å². The van der Waals surface area contributed by atoms with E-state index < -0.39 is 0 Å². The van der Waals surface area contributed by atoms with Crippen LogP contribution in [0, 0.1) is 0 Å². The van der Waals surface area contributed by atoms with Crippen molar-refractivity contribution in [3.05, 3.63) is 98.2 Å². The number of nitrogens with one attached hydrogen (secondary N) is 3. The van der Waals surface area contributed by atoms with Crippen LogP contribution in [-0.4, -0.2) is 16.2 Å². The van der Waals surface area contributed by atoms with Crippen molar-refractivity contribution in [1.29, 1.82) is 0 Å². The van der Waals surface area contributed by atoms with Gasteiger partial charge in [0, 0.05) is 5.56 Å². The number of hydrogen-bond donors (Lipinski definition) is 3. The van der Waals surface area contributed by atoms with Crippen molar-refractivity contribution >= 4 is 5.82 Å². The summed E-state index contributed by atoms with van der Waals surface area (Å²) in [6, 6.07) is 20.3. The van der Waals surface area contributed by atoms with Crippen molar-refractivity contribution in [3.63, 3.8) is 0 Å². The first-order chi connectivity index (χ1) is 13.1. The summed E-state index contributed by atoms with van der Waals surface area (Å²) in [4.78, 5) is 28.6. The fraction of sp³-hybridized carbons (Fsp3) is 0.238. The molecule has 0 aliphatic carbocycles. The summed E-state index contributed by atoms with van der Waals surface area (Å²) in [7, 11) is 0. The fourth-order valence-electron chi connectivity index (χ4n) is 3.67. The van der Waals surface area contributed by atoms with Gasteiger partial charge in [0.1, 0.15) is 24.0 Å². The van der Waals surface area contributed by atoms with Crippen LogP contribution in [0.1, 0.15) is 29.7 Å². The monoisotopic (exact) mass is 363 g/mol. The first-order valence-corrected chi connectivity index (χ1v) is 9.17. The highest BCUT2D eigenvalue weighted by molar-refractivity contribution is 5.44. The summed E-state index contributed by atoms with van der Waals surface area (Å²) in [6.45, 7) is 3.81. The molecular formula is C21H23N4O2+. The number of hydrogen-bond acceptors (Lipinski definition) is 3. The lowest BCUT2D eigenvalue weighted by Gasteiger charge is -2.32. The van der Waals surface area contributed by atoms with E-state index in [1.807, 2.05) is 48.5 Å². The van der Waals surface area contributed by atoms with Crippen molar-refractivity contribution in [3.8, 4) is 0 Å². The first kappa shape index (κ1) is 17.3. The van der Waals surface area contributed by atoms with Crippen LogP contribution < -0.4 is 21.5 Å². The Balaban J connectivity index is 1.67. The van der Waals surface area contributed by atoms with Crippen LogP contribution in [0.4, 0.5) is 5.82 Å². The molecule has 0 saturated heterocycles. The normalized spacial score (nSPS) is 17.0. The number of anilines is 1. The third-order valence-electron chi connectivity index (χ3n) is 5.28. The number of nitrogens with zero attached hydrogens (tertiary/aromatic N) is 1. The second kappa shape index (κ2) is 7.25. The van der Waals surface area contributed by atoms with E-state index in [4.69, 9.17) is 0 Å². The number of aromatic amines is 1. The molecule has 2 aromatic carbocycles. The number of benzene rings is 2. The molecule has 1 unspecified atom stereocenters. The molecule has 2 heterocycles. The zero-order chi connectivity index (χ0) is 18.8. The van der Waals surface area contributed by atoms with Gasteiger partial charge in [-0.25, -0.2) is 4.79 Å². The van der Waals surface area contributed by atoms with E-state index >= 15 is 0 Å². The molecule has 0 radical (unpaired) electrons. The summed E-state index contributed by atoms with van der Waals surface area (Å²) in [5.41, 5.74) is 2.20. The van der Waals surface area contributed by atoms with Gasteiger partial charge in [-0.3, -0.25) is 14.3 Å². The number of rotatable bonds is 4. The highest BCUT2D eigenvalue weighted by Gasteiger charge is 2.29. The summed E-state index contributed by atoms with van der Waals surface area (Å²) in [5.74, 6) is 0.636. The van der Waals surface area contributed by atoms with Gasteiger partial charge in [0.25, 0.3) is 5.56 Å². The Bertz CT molecular complexity index is 1040. The third kappa shape index (κ3) is 3.44. The lowest BCUT2D eigenvalue weighted by molar-refractivity contribution is -0.941. The standard InChI is InChI=1S/C21H22N4O2/c1-15(17-10-6-3-7-11-17)24-13-18-19(22-14-24)25(21(27)23-20(18)26)12-16-8-4-2-5-9-16/h2-11,15,22H,12-14H2,1H3,(H,23,26,27)/p+1/t15-/m0/s1. The Labute approximate surface area is 157 Å². The number of quaternary nitrogens is 1. The van der Waals surface area contributed by atoms with Gasteiger partial charge in [-0.05, 0) is 12.5 Å². The van der Waals surface area contributed by atoms with Crippen molar-refractivity contribution < 1.29 is 4.90 Å². The fourth-order valence-corrected chi connectivity index (χ4v) is 3.67. The minimum Gasteiger partial charge on any atom is -0.324 e. The molecule has 2 atom stereocenters. The zero-order valence-corrected chi connectivity index (χ0v) is 15.2. The largest absolute Gasteiger partial charge is 0.330 e. The van der Waals surface area contributed by atoms with Gasteiger partial charge in [-0.1, -0.05) is 60.7 Å². The minimum absolute atomic E-state index is 0.237. The van der Waals surface area contributed by atoms with E-state index in [9.17, 15) is 9.59 Å². The molecule has 0 saturated carbocycles. The summed E-state index contributed by atoms with van der Waals surface area (Å²) >= 11 is 0. The number of fused-ring (bicyclic) bond motifs is 1. The molecule has 3 aromatic rings. The summed E-state index contributed by atoms with van der Waals surface area (Å²) in [6.07, 6.45) is 0. The molecule has 3 N–H and O–H groups in total. The van der Waals surface area contributed by atoms with Crippen molar-refractivity contribution in [1.82, 2.24) is 9.55 Å². The average Bonchev–Trinajstić information content (AvgIpc) is 2.71. The van der Waals surface area contributed by atoms with Crippen LogP contribution in [-0.2, 0) is 13.1 Å². The molecule has 0 fully saturated rings. The lowest BCUT2D eigenvalue weighted by Crippen LogP contribution is -3.12. The predicted octanol–water partition coefficient (Wildman–Crippen LogP) is 1.11. The van der Waals surface area contributed by atoms with Gasteiger partial charge in [0.2, 0.25) is 0 Å². The van der Waals surface area contributed by atoms with Crippen LogP contribution in [0.15, 0.2) is 70.3 Å². The van der Waals surface area contributed by atoms with Crippen LogP contribution in [0.2, 0.25) is 0 Å². The molecule has 1 aromatic heterocycles. The molecule has 138 valence electrons. The smallest absolute Gasteiger partial charge is 0.324 e. The third-order valence-corrected chi connectivity index (χ3v) is 5.28. The van der Waals surface area contributed by atoms with Crippen LogP contribution in [0.25, 0.3) is 0 Å². The Morgan fingerprint density at radius 2 is 1.70 bits per heavy atom. The predicted molar refractivity (Wildman–Crippen MR) is 105 cm³/mol. The highest BCUT2D eigenvalue weighted by Crippen LogP contribution is 2.15.